The summed E-state index contributed by atoms with van der Waals surface area (Å²) in [5.41, 5.74) is 7.66. The lowest BCUT2D eigenvalue weighted by Crippen LogP contribution is -2.40. The van der Waals surface area contributed by atoms with E-state index >= 15 is 0 Å². The van der Waals surface area contributed by atoms with Crippen molar-refractivity contribution in [3.05, 3.63) is 35.4 Å². The van der Waals surface area contributed by atoms with Crippen LogP contribution < -0.4 is 11.1 Å². The smallest absolute Gasteiger partial charge is 0.239 e. The first kappa shape index (κ1) is 15.0. The monoisotopic (exact) mass is 277 g/mol. The number of methoxy groups -OCH3 is 1. The summed E-state index contributed by atoms with van der Waals surface area (Å²) in [4.78, 5) is 14.2. The predicted octanol–water partition coefficient (Wildman–Crippen LogP) is 0.655. The molecule has 1 aliphatic rings. The van der Waals surface area contributed by atoms with E-state index in [2.05, 4.69) is 10.2 Å². The molecule has 3 N–H and O–H groups in total. The lowest BCUT2D eigenvalue weighted by Gasteiger charge is -2.29. The Morgan fingerprint density at radius 2 is 2.20 bits per heavy atom. The molecule has 1 unspecified atom stereocenters. The van der Waals surface area contributed by atoms with E-state index in [0.717, 1.165) is 43.7 Å². The van der Waals surface area contributed by atoms with Crippen LogP contribution in [0.3, 0.4) is 0 Å². The third kappa shape index (κ3) is 3.56. The Kier molecular flexibility index (Phi) is 5.52. The number of benzene rings is 1. The maximum Gasteiger partial charge on any atom is 0.239 e. The molecule has 1 saturated heterocycles. The van der Waals surface area contributed by atoms with Crippen LogP contribution in [0.1, 0.15) is 23.6 Å². The second-order valence-corrected chi connectivity index (χ2v) is 5.08. The summed E-state index contributed by atoms with van der Waals surface area (Å²) in [7, 11) is 1.66. The number of hydrogen-bond donors (Lipinski definition) is 2. The van der Waals surface area contributed by atoms with Crippen molar-refractivity contribution < 1.29 is 9.53 Å². The zero-order valence-electron chi connectivity index (χ0n) is 12.0. The van der Waals surface area contributed by atoms with Crippen LogP contribution in [0, 0.1) is 0 Å². The van der Waals surface area contributed by atoms with Gasteiger partial charge in [0.1, 0.15) is 6.04 Å². The molecule has 0 spiro atoms. The molecular weight excluding hydrogens is 254 g/mol. The Morgan fingerprint density at radius 3 is 2.95 bits per heavy atom. The molecule has 1 aliphatic heterocycles. The average Bonchev–Trinajstić information content (AvgIpc) is 2.70. The van der Waals surface area contributed by atoms with E-state index in [4.69, 9.17) is 10.5 Å². The highest BCUT2D eigenvalue weighted by atomic mass is 16.5. The second kappa shape index (κ2) is 7.38. The van der Waals surface area contributed by atoms with Gasteiger partial charge in [-0.25, -0.2) is 0 Å². The summed E-state index contributed by atoms with van der Waals surface area (Å²) in [5, 5.41) is 3.34. The fourth-order valence-electron chi connectivity index (χ4n) is 2.74. The third-order valence-corrected chi connectivity index (χ3v) is 3.66. The molecule has 1 fully saturated rings. The minimum Gasteiger partial charge on any atom is -0.380 e. The predicted molar refractivity (Wildman–Crippen MR) is 78.2 cm³/mol. The highest BCUT2D eigenvalue weighted by Crippen LogP contribution is 2.25. The lowest BCUT2D eigenvalue weighted by molar-refractivity contribution is -0.123. The number of nitrogens with one attached hydrogen (secondary N) is 1. The van der Waals surface area contributed by atoms with Crippen molar-refractivity contribution in [3.8, 4) is 0 Å². The summed E-state index contributed by atoms with van der Waals surface area (Å²) in [6.07, 6.45) is 1.02. The summed E-state index contributed by atoms with van der Waals surface area (Å²) >= 11 is 0. The van der Waals surface area contributed by atoms with Crippen LogP contribution >= 0.6 is 0 Å². The minimum atomic E-state index is -0.374. The lowest BCUT2D eigenvalue weighted by atomic mass is 9.98. The molecule has 1 aromatic carbocycles. The number of carbonyl (C=O) groups is 1. The van der Waals surface area contributed by atoms with E-state index in [-0.39, 0.29) is 11.9 Å². The summed E-state index contributed by atoms with van der Waals surface area (Å²) in [5.74, 6) is -0.296. The molecule has 2 rings (SSSR count). The van der Waals surface area contributed by atoms with Gasteiger partial charge in [0, 0.05) is 26.7 Å². The molecule has 20 heavy (non-hydrogen) atoms. The molecule has 1 heterocycles. The number of primary amides is 1. The minimum absolute atomic E-state index is 0.296. The van der Waals surface area contributed by atoms with Gasteiger partial charge in [-0.1, -0.05) is 24.3 Å². The van der Waals surface area contributed by atoms with E-state index in [1.165, 1.54) is 0 Å². The standard InChI is InChI=1S/C15H23N3O2/c1-20-11-12-5-2-3-6-13(12)14(15(16)19)18-9-4-7-17-8-10-18/h2-3,5-6,14,17H,4,7-11H2,1H3,(H2,16,19). The first-order valence-corrected chi connectivity index (χ1v) is 7.05. The molecule has 110 valence electrons. The first-order valence-electron chi connectivity index (χ1n) is 7.05. The number of carbonyl (C=O) groups excluding carboxylic acids is 1. The normalized spacial score (nSPS) is 18.4. The van der Waals surface area contributed by atoms with Crippen molar-refractivity contribution in [2.75, 3.05) is 33.3 Å². The van der Waals surface area contributed by atoms with Crippen molar-refractivity contribution in [2.45, 2.75) is 19.1 Å². The van der Waals surface area contributed by atoms with Crippen LogP contribution in [0.4, 0.5) is 0 Å². The van der Waals surface area contributed by atoms with Crippen molar-refractivity contribution in [1.29, 1.82) is 0 Å². The Hall–Kier alpha value is -1.43. The van der Waals surface area contributed by atoms with Crippen LogP contribution in [0.15, 0.2) is 24.3 Å². The van der Waals surface area contributed by atoms with Crippen molar-refractivity contribution in [2.24, 2.45) is 5.73 Å². The highest BCUT2D eigenvalue weighted by molar-refractivity contribution is 5.82. The molecule has 0 bridgehead atoms. The molecular formula is C15H23N3O2. The number of nitrogens with two attached hydrogens (primary N) is 1. The van der Waals surface area contributed by atoms with Crippen LogP contribution in [-0.2, 0) is 16.1 Å². The van der Waals surface area contributed by atoms with Gasteiger partial charge in [-0.15, -0.1) is 0 Å². The molecule has 1 aromatic rings. The van der Waals surface area contributed by atoms with Gasteiger partial charge in [0.2, 0.25) is 5.91 Å². The van der Waals surface area contributed by atoms with Crippen molar-refractivity contribution in [1.82, 2.24) is 10.2 Å². The van der Waals surface area contributed by atoms with E-state index in [1.54, 1.807) is 7.11 Å². The van der Waals surface area contributed by atoms with Crippen molar-refractivity contribution in [3.63, 3.8) is 0 Å². The fraction of sp³-hybridized carbons (Fsp3) is 0.533. The maximum atomic E-state index is 12.0. The number of nitrogens with zero attached hydrogens (tertiary/aromatic N) is 1. The van der Waals surface area contributed by atoms with Gasteiger partial charge < -0.3 is 15.8 Å². The largest absolute Gasteiger partial charge is 0.380 e. The molecule has 1 amide bonds. The van der Waals surface area contributed by atoms with Crippen LogP contribution in [0.5, 0.6) is 0 Å². The molecule has 0 radical (unpaired) electrons. The average molecular weight is 277 g/mol. The fourth-order valence-corrected chi connectivity index (χ4v) is 2.74. The highest BCUT2D eigenvalue weighted by Gasteiger charge is 2.27. The van der Waals surface area contributed by atoms with E-state index in [1.807, 2.05) is 24.3 Å². The first-order chi connectivity index (χ1) is 9.74. The Bertz CT molecular complexity index is 442. The SMILES string of the molecule is COCc1ccccc1C(C(N)=O)N1CCCNCC1. The quantitative estimate of drug-likeness (QED) is 0.829. The molecule has 1 atom stereocenters. The van der Waals surface area contributed by atoms with Gasteiger partial charge in [0.05, 0.1) is 6.61 Å². The number of rotatable bonds is 5. The molecule has 5 nitrogen and oxygen atoms in total. The topological polar surface area (TPSA) is 67.6 Å². The summed E-state index contributed by atoms with van der Waals surface area (Å²) < 4.78 is 5.23. The zero-order valence-corrected chi connectivity index (χ0v) is 12.0. The summed E-state index contributed by atoms with van der Waals surface area (Å²) in [6.45, 7) is 4.07. The van der Waals surface area contributed by atoms with Crippen LogP contribution in [0.2, 0.25) is 0 Å². The second-order valence-electron chi connectivity index (χ2n) is 5.08. The van der Waals surface area contributed by atoms with Gasteiger partial charge in [0.25, 0.3) is 0 Å². The summed E-state index contributed by atoms with van der Waals surface area (Å²) in [6, 6.07) is 7.49. The number of hydrogen-bond acceptors (Lipinski definition) is 4. The Labute approximate surface area is 120 Å². The zero-order chi connectivity index (χ0) is 14.4. The Balaban J connectivity index is 2.30. The molecule has 5 heteroatoms. The maximum absolute atomic E-state index is 12.0. The molecule has 0 aromatic heterocycles. The van der Waals surface area contributed by atoms with Gasteiger partial charge in [0.15, 0.2) is 0 Å². The van der Waals surface area contributed by atoms with E-state index in [0.29, 0.717) is 6.61 Å². The molecule has 0 aliphatic carbocycles. The van der Waals surface area contributed by atoms with E-state index in [9.17, 15) is 4.79 Å². The van der Waals surface area contributed by atoms with Crippen LogP contribution in [-0.4, -0.2) is 44.1 Å². The Morgan fingerprint density at radius 1 is 1.40 bits per heavy atom. The van der Waals surface area contributed by atoms with Crippen LogP contribution in [0.25, 0.3) is 0 Å². The van der Waals surface area contributed by atoms with Gasteiger partial charge in [-0.3, -0.25) is 9.69 Å². The van der Waals surface area contributed by atoms with Gasteiger partial charge in [-0.2, -0.15) is 0 Å². The number of amides is 1. The van der Waals surface area contributed by atoms with Crippen molar-refractivity contribution >= 4 is 5.91 Å². The number of ether oxygens (including phenoxy) is 1. The molecule has 0 saturated carbocycles. The van der Waals surface area contributed by atoms with Gasteiger partial charge >= 0.3 is 0 Å². The van der Waals surface area contributed by atoms with E-state index < -0.39 is 0 Å². The third-order valence-electron chi connectivity index (χ3n) is 3.66. The van der Waals surface area contributed by atoms with Gasteiger partial charge in [-0.05, 0) is 24.1 Å².